The summed E-state index contributed by atoms with van der Waals surface area (Å²) in [5.41, 5.74) is 0. The fourth-order valence-electron chi connectivity index (χ4n) is 5.47. The maximum atomic E-state index is 12.1. The summed E-state index contributed by atoms with van der Waals surface area (Å²) in [5.74, 6) is -0.691. The lowest BCUT2D eigenvalue weighted by Crippen LogP contribution is -2.27. The number of aliphatic hydroxyl groups is 1. The van der Waals surface area contributed by atoms with E-state index in [0.717, 1.165) is 109 Å². The molecule has 0 aromatic rings. The monoisotopic (exact) mass is 918 g/mol. The zero-order chi connectivity index (χ0) is 47.4. The SMILES string of the molecule is CC/C=C\C/C=C\C/C=C\C/C=C\C/C=C\C/C=C\C/C=C\CC(=O)OCC(O)COP(=O)(O)OCCNC(=O)CCCCCC/C=C\C/C=C\C/C=C\C/C=C\C/C=C\C/C=C\CC. The van der Waals surface area contributed by atoms with Crippen molar-refractivity contribution in [2.75, 3.05) is 26.4 Å². The number of nitrogens with one attached hydrogen (secondary N) is 1. The summed E-state index contributed by atoms with van der Waals surface area (Å²) >= 11 is 0. The van der Waals surface area contributed by atoms with Gasteiger partial charge in [-0.3, -0.25) is 18.6 Å². The molecule has 0 aliphatic carbocycles. The Morgan fingerprint density at radius 3 is 1.28 bits per heavy atom. The Labute approximate surface area is 394 Å². The van der Waals surface area contributed by atoms with E-state index in [-0.39, 0.29) is 25.5 Å². The summed E-state index contributed by atoms with van der Waals surface area (Å²) in [6.45, 7) is 3.14. The van der Waals surface area contributed by atoms with Gasteiger partial charge in [0, 0.05) is 13.0 Å². The maximum absolute atomic E-state index is 12.1. The number of hydrogen-bond acceptors (Lipinski definition) is 7. The van der Waals surface area contributed by atoms with Crippen LogP contribution in [0.15, 0.2) is 158 Å². The first-order valence-corrected chi connectivity index (χ1v) is 25.5. The lowest BCUT2D eigenvalue weighted by molar-refractivity contribution is -0.146. The number of rotatable bonds is 42. The molecule has 2 unspecified atom stereocenters. The normalized spacial score (nSPS) is 14.6. The molecule has 9 nitrogen and oxygen atoms in total. The van der Waals surface area contributed by atoms with Gasteiger partial charge in [0.15, 0.2) is 0 Å². The van der Waals surface area contributed by atoms with E-state index in [1.54, 1.807) is 6.08 Å². The molecule has 0 heterocycles. The molecule has 0 fully saturated rings. The summed E-state index contributed by atoms with van der Waals surface area (Å²) in [7, 11) is -4.46. The Morgan fingerprint density at radius 1 is 0.492 bits per heavy atom. The molecule has 1 amide bonds. The molecule has 0 spiro atoms. The third kappa shape index (κ3) is 50.5. The highest BCUT2D eigenvalue weighted by Gasteiger charge is 2.23. The van der Waals surface area contributed by atoms with Crippen LogP contribution in [0.3, 0.4) is 0 Å². The summed E-state index contributed by atoms with van der Waals surface area (Å²) in [5, 5.41) is 12.7. The molecule has 0 aromatic carbocycles. The first-order chi connectivity index (χ1) is 31.8. The van der Waals surface area contributed by atoms with Crippen molar-refractivity contribution in [2.45, 2.75) is 148 Å². The van der Waals surface area contributed by atoms with Crippen LogP contribution >= 0.6 is 7.82 Å². The fourth-order valence-corrected chi connectivity index (χ4v) is 6.22. The molecule has 0 saturated carbocycles. The van der Waals surface area contributed by atoms with E-state index in [0.29, 0.717) is 12.8 Å². The average molecular weight is 918 g/mol. The Bertz CT molecular complexity index is 1610. The predicted octanol–water partition coefficient (Wildman–Crippen LogP) is 14.2. The first-order valence-electron chi connectivity index (χ1n) is 24.0. The second kappa shape index (κ2) is 49.1. The Kier molecular flexibility index (Phi) is 45.8. The van der Waals surface area contributed by atoms with Crippen molar-refractivity contribution in [1.29, 1.82) is 0 Å². The van der Waals surface area contributed by atoms with Crippen LogP contribution in [0.2, 0.25) is 0 Å². The number of phosphoric acid groups is 1. The van der Waals surface area contributed by atoms with E-state index in [2.05, 4.69) is 159 Å². The molecule has 0 aliphatic rings. The van der Waals surface area contributed by atoms with Crippen molar-refractivity contribution < 1.29 is 37.9 Å². The number of phosphoric ester groups is 1. The van der Waals surface area contributed by atoms with Crippen LogP contribution in [0.25, 0.3) is 0 Å². The summed E-state index contributed by atoms with van der Waals surface area (Å²) in [6.07, 6.45) is 72.0. The predicted molar refractivity (Wildman–Crippen MR) is 274 cm³/mol. The minimum absolute atomic E-state index is 0.0363. The van der Waals surface area contributed by atoms with Crippen molar-refractivity contribution in [1.82, 2.24) is 5.32 Å². The number of esters is 1. The van der Waals surface area contributed by atoms with Crippen LogP contribution in [0.1, 0.15) is 142 Å². The number of allylic oxidation sites excluding steroid dienone is 25. The largest absolute Gasteiger partial charge is 0.472 e. The second-order valence-electron chi connectivity index (χ2n) is 15.0. The second-order valence-corrected chi connectivity index (χ2v) is 16.4. The molecule has 0 aromatic heterocycles. The van der Waals surface area contributed by atoms with Gasteiger partial charge in [-0.2, -0.15) is 0 Å². The van der Waals surface area contributed by atoms with Gasteiger partial charge in [0.05, 0.1) is 19.6 Å². The van der Waals surface area contributed by atoms with Crippen molar-refractivity contribution in [2.24, 2.45) is 0 Å². The van der Waals surface area contributed by atoms with E-state index in [9.17, 15) is 24.2 Å². The molecule has 0 radical (unpaired) electrons. The van der Waals surface area contributed by atoms with Crippen LogP contribution in [0.5, 0.6) is 0 Å². The fraction of sp³-hybridized carbons (Fsp3) is 0.491. The third-order valence-corrected chi connectivity index (χ3v) is 9.97. The van der Waals surface area contributed by atoms with Crippen LogP contribution in [0.4, 0.5) is 0 Å². The van der Waals surface area contributed by atoms with Crippen molar-refractivity contribution >= 4 is 19.7 Å². The topological polar surface area (TPSA) is 131 Å². The number of unbranched alkanes of at least 4 members (excludes halogenated alkanes) is 4. The molecule has 0 bridgehead atoms. The van der Waals surface area contributed by atoms with E-state index in [4.69, 9.17) is 13.8 Å². The zero-order valence-corrected chi connectivity index (χ0v) is 40.7. The lowest BCUT2D eigenvalue weighted by atomic mass is 10.1. The average Bonchev–Trinajstić information content (AvgIpc) is 3.29. The summed E-state index contributed by atoms with van der Waals surface area (Å²) < 4.78 is 26.8. The standard InChI is InChI=1S/C55H84NO8P/c1-3-5-7-9-11-13-15-17-19-21-23-25-26-28-29-31-33-35-37-39-41-43-45-47-54(58)56-49-50-63-65(60,61)64-52-53(57)51-62-55(59)48-46-44-42-40-38-36-34-32-30-27-24-22-20-18-16-14-12-10-8-6-4-2/h5-8,11-14,17-20,23-25,27-29,32-35,38,40,44,46,53,57H,3-4,9-10,15-16,21-22,26,30-31,36-37,39,41-43,45,47-52H2,1-2H3,(H,56,58)(H,60,61)/b7-5-,8-6-,13-11-,14-12-,19-17-,20-18-,25-23-,27-24-,29-28-,34-32-,35-33-,40-38-,46-44-. The number of aliphatic hydroxyl groups excluding tert-OH is 1. The van der Waals surface area contributed by atoms with Crippen molar-refractivity contribution in [3.8, 4) is 0 Å². The first kappa shape index (κ1) is 60.6. The highest BCUT2D eigenvalue weighted by atomic mass is 31.2. The van der Waals surface area contributed by atoms with Crippen LogP contribution in [0, 0.1) is 0 Å². The number of carbonyl (C=O) groups excluding carboxylic acids is 2. The number of amides is 1. The Hall–Kier alpha value is -4.37. The molecule has 3 N–H and O–H groups in total. The summed E-state index contributed by atoms with van der Waals surface area (Å²) in [4.78, 5) is 34.0. The van der Waals surface area contributed by atoms with Gasteiger partial charge in [0.2, 0.25) is 5.91 Å². The highest BCUT2D eigenvalue weighted by molar-refractivity contribution is 7.47. The number of hydrogen-bond donors (Lipinski definition) is 3. The van der Waals surface area contributed by atoms with Gasteiger partial charge in [-0.25, -0.2) is 4.57 Å². The molecular formula is C55H84NO8P. The van der Waals surface area contributed by atoms with Gasteiger partial charge in [0.1, 0.15) is 12.7 Å². The van der Waals surface area contributed by atoms with Gasteiger partial charge in [-0.05, 0) is 103 Å². The zero-order valence-electron chi connectivity index (χ0n) is 39.9. The lowest BCUT2D eigenvalue weighted by Gasteiger charge is -2.15. The quantitative estimate of drug-likeness (QED) is 0.0239. The molecular weight excluding hydrogens is 834 g/mol. The van der Waals surface area contributed by atoms with E-state index in [1.165, 1.54) is 0 Å². The molecule has 0 aliphatic heterocycles. The molecule has 65 heavy (non-hydrogen) atoms. The van der Waals surface area contributed by atoms with Gasteiger partial charge in [-0.1, -0.05) is 185 Å². The maximum Gasteiger partial charge on any atom is 0.472 e. The van der Waals surface area contributed by atoms with Crippen LogP contribution < -0.4 is 5.32 Å². The van der Waals surface area contributed by atoms with Crippen LogP contribution in [-0.2, 0) is 27.9 Å². The smallest absolute Gasteiger partial charge is 0.463 e. The van der Waals surface area contributed by atoms with Gasteiger partial charge in [-0.15, -0.1) is 0 Å². The minimum Gasteiger partial charge on any atom is -0.463 e. The van der Waals surface area contributed by atoms with E-state index >= 15 is 0 Å². The molecule has 2 atom stereocenters. The van der Waals surface area contributed by atoms with Crippen LogP contribution in [-0.4, -0.2) is 54.3 Å². The molecule has 10 heteroatoms. The molecule has 0 rings (SSSR count). The highest BCUT2D eigenvalue weighted by Crippen LogP contribution is 2.42. The Morgan fingerprint density at radius 2 is 0.862 bits per heavy atom. The minimum atomic E-state index is -4.46. The number of carbonyl (C=O) groups is 2. The Balaban J connectivity index is 3.79. The molecule has 0 saturated heterocycles. The third-order valence-electron chi connectivity index (χ3n) is 8.99. The van der Waals surface area contributed by atoms with Crippen molar-refractivity contribution in [3.05, 3.63) is 158 Å². The van der Waals surface area contributed by atoms with E-state index in [1.807, 2.05) is 12.2 Å². The van der Waals surface area contributed by atoms with Gasteiger partial charge < -0.3 is 20.1 Å². The molecule has 362 valence electrons. The summed E-state index contributed by atoms with van der Waals surface area (Å²) in [6, 6.07) is 0. The van der Waals surface area contributed by atoms with Crippen molar-refractivity contribution in [3.63, 3.8) is 0 Å². The van der Waals surface area contributed by atoms with Gasteiger partial charge >= 0.3 is 13.8 Å². The van der Waals surface area contributed by atoms with Gasteiger partial charge in [0.25, 0.3) is 0 Å². The number of ether oxygens (including phenoxy) is 1. The van der Waals surface area contributed by atoms with E-state index < -0.39 is 33.1 Å².